The maximum absolute atomic E-state index is 12.6. The van der Waals surface area contributed by atoms with Crippen LogP contribution in [0, 0.1) is 0 Å². The van der Waals surface area contributed by atoms with Gasteiger partial charge in [0.2, 0.25) is 0 Å². The molecule has 24 heavy (non-hydrogen) atoms. The van der Waals surface area contributed by atoms with E-state index in [9.17, 15) is 4.79 Å². The van der Waals surface area contributed by atoms with Gasteiger partial charge in [0.15, 0.2) is 5.65 Å². The van der Waals surface area contributed by atoms with Crippen LogP contribution < -0.4 is 5.56 Å². The predicted molar refractivity (Wildman–Crippen MR) is 90.7 cm³/mol. The fourth-order valence-electron chi connectivity index (χ4n) is 2.62. The van der Waals surface area contributed by atoms with E-state index in [1.54, 1.807) is 21.6 Å². The average molecular weight is 317 g/mol. The second kappa shape index (κ2) is 6.08. The Balaban J connectivity index is 1.67. The van der Waals surface area contributed by atoms with Crippen LogP contribution in [-0.2, 0) is 13.1 Å². The minimum absolute atomic E-state index is 0.107. The molecule has 3 aromatic heterocycles. The minimum atomic E-state index is -0.107. The number of fused-ring (bicyclic) bond motifs is 1. The lowest BCUT2D eigenvalue weighted by molar-refractivity contribution is 0.692. The first kappa shape index (κ1) is 14.3. The van der Waals surface area contributed by atoms with Gasteiger partial charge >= 0.3 is 0 Å². The maximum atomic E-state index is 12.6. The number of pyridine rings is 1. The molecule has 6 nitrogen and oxygen atoms in total. The summed E-state index contributed by atoms with van der Waals surface area (Å²) in [7, 11) is 0. The predicted octanol–water partition coefficient (Wildman–Crippen LogP) is 2.08. The Bertz CT molecular complexity index is 1020. The summed E-state index contributed by atoms with van der Waals surface area (Å²) >= 11 is 0. The van der Waals surface area contributed by atoms with Gasteiger partial charge in [-0.2, -0.15) is 5.10 Å². The van der Waals surface area contributed by atoms with Gasteiger partial charge in [-0.15, -0.1) is 0 Å². The van der Waals surface area contributed by atoms with E-state index in [-0.39, 0.29) is 5.56 Å². The van der Waals surface area contributed by atoms with E-state index >= 15 is 0 Å². The van der Waals surface area contributed by atoms with Gasteiger partial charge in [0.05, 0.1) is 18.8 Å². The molecule has 118 valence electrons. The van der Waals surface area contributed by atoms with Crippen LogP contribution >= 0.6 is 0 Å². The summed E-state index contributed by atoms with van der Waals surface area (Å²) in [6.45, 7) is 1.00. The molecular weight excluding hydrogens is 302 g/mol. The van der Waals surface area contributed by atoms with E-state index < -0.39 is 0 Å². The molecule has 3 heterocycles. The van der Waals surface area contributed by atoms with Crippen molar-refractivity contribution in [2.24, 2.45) is 0 Å². The molecule has 0 bridgehead atoms. The molecule has 4 rings (SSSR count). The van der Waals surface area contributed by atoms with E-state index in [0.717, 1.165) is 11.3 Å². The van der Waals surface area contributed by atoms with Crippen LogP contribution in [0.25, 0.3) is 11.0 Å². The number of benzene rings is 1. The Morgan fingerprint density at radius 2 is 1.75 bits per heavy atom. The number of hydrogen-bond acceptors (Lipinski definition) is 4. The topological polar surface area (TPSA) is 65.6 Å². The van der Waals surface area contributed by atoms with Crippen molar-refractivity contribution in [3.8, 4) is 0 Å². The van der Waals surface area contributed by atoms with Crippen molar-refractivity contribution in [1.82, 2.24) is 24.3 Å². The van der Waals surface area contributed by atoms with Crippen LogP contribution in [0.1, 0.15) is 11.3 Å². The minimum Gasteiger partial charge on any atom is -0.292 e. The van der Waals surface area contributed by atoms with Crippen molar-refractivity contribution >= 4 is 11.0 Å². The summed E-state index contributed by atoms with van der Waals surface area (Å²) in [5, 5.41) is 4.91. The molecule has 4 aromatic rings. The van der Waals surface area contributed by atoms with Crippen LogP contribution in [0.15, 0.2) is 72.0 Å². The summed E-state index contributed by atoms with van der Waals surface area (Å²) in [4.78, 5) is 21.2. The third-order valence-corrected chi connectivity index (χ3v) is 3.80. The molecule has 0 unspecified atom stereocenters. The normalized spacial score (nSPS) is 11.0. The molecule has 0 atom stereocenters. The average Bonchev–Trinajstić information content (AvgIpc) is 3.03. The highest BCUT2D eigenvalue weighted by atomic mass is 16.1. The Labute approximate surface area is 138 Å². The number of aromatic nitrogens is 5. The first-order chi connectivity index (χ1) is 11.8. The van der Waals surface area contributed by atoms with Crippen molar-refractivity contribution in [3.63, 3.8) is 0 Å². The summed E-state index contributed by atoms with van der Waals surface area (Å²) in [6, 6.07) is 15.6. The second-order valence-corrected chi connectivity index (χ2v) is 5.55. The lowest BCUT2D eigenvalue weighted by atomic mass is 10.2. The molecule has 0 aliphatic rings. The van der Waals surface area contributed by atoms with Crippen molar-refractivity contribution in [2.45, 2.75) is 13.1 Å². The van der Waals surface area contributed by atoms with Gasteiger partial charge in [-0.3, -0.25) is 19.0 Å². The van der Waals surface area contributed by atoms with Gasteiger partial charge in [-0.1, -0.05) is 36.4 Å². The molecule has 0 fully saturated rings. The van der Waals surface area contributed by atoms with Crippen molar-refractivity contribution < 1.29 is 0 Å². The van der Waals surface area contributed by atoms with Crippen LogP contribution in [0.4, 0.5) is 0 Å². The number of nitrogens with zero attached hydrogens (tertiary/aromatic N) is 5. The summed E-state index contributed by atoms with van der Waals surface area (Å²) in [5.74, 6) is 0. The smallest absolute Gasteiger partial charge is 0.264 e. The van der Waals surface area contributed by atoms with Gasteiger partial charge in [0.25, 0.3) is 5.56 Å². The molecule has 6 heteroatoms. The van der Waals surface area contributed by atoms with Gasteiger partial charge < -0.3 is 0 Å². The fraction of sp³-hybridized carbons (Fsp3) is 0.111. The van der Waals surface area contributed by atoms with Crippen molar-refractivity contribution in [1.29, 1.82) is 0 Å². The first-order valence-electron chi connectivity index (χ1n) is 7.66. The van der Waals surface area contributed by atoms with Crippen LogP contribution in [0.5, 0.6) is 0 Å². The van der Waals surface area contributed by atoms with Crippen LogP contribution in [-0.4, -0.2) is 24.3 Å². The Morgan fingerprint density at radius 1 is 0.917 bits per heavy atom. The lowest BCUT2D eigenvalue weighted by Crippen LogP contribution is -2.21. The largest absolute Gasteiger partial charge is 0.292 e. The highest BCUT2D eigenvalue weighted by molar-refractivity contribution is 5.72. The SMILES string of the molecule is O=c1c2cn(Cc3ccccc3)nc2ncn1Cc1ccccn1. The van der Waals surface area contributed by atoms with Gasteiger partial charge in [-0.25, -0.2) is 4.98 Å². The first-order valence-corrected chi connectivity index (χ1v) is 7.66. The standard InChI is InChI=1S/C18H15N5O/c24-18-16-12-23(10-14-6-2-1-3-7-14)21-17(16)20-13-22(18)11-15-8-4-5-9-19-15/h1-9,12-13H,10-11H2. The molecule has 0 amide bonds. The molecule has 0 radical (unpaired) electrons. The summed E-state index contributed by atoms with van der Waals surface area (Å²) < 4.78 is 3.30. The van der Waals surface area contributed by atoms with E-state index in [2.05, 4.69) is 15.1 Å². The van der Waals surface area contributed by atoms with Gasteiger partial charge in [0, 0.05) is 12.4 Å². The zero-order valence-corrected chi connectivity index (χ0v) is 12.9. The highest BCUT2D eigenvalue weighted by Crippen LogP contribution is 2.08. The van der Waals surface area contributed by atoms with E-state index in [4.69, 9.17) is 0 Å². The van der Waals surface area contributed by atoms with Crippen LogP contribution in [0.2, 0.25) is 0 Å². The van der Waals surface area contributed by atoms with Crippen molar-refractivity contribution in [2.75, 3.05) is 0 Å². The lowest BCUT2D eigenvalue weighted by Gasteiger charge is -2.03. The molecule has 0 aliphatic carbocycles. The van der Waals surface area contributed by atoms with E-state index in [1.165, 1.54) is 6.33 Å². The Kier molecular flexibility index (Phi) is 3.63. The molecule has 0 N–H and O–H groups in total. The molecule has 0 spiro atoms. The molecule has 0 saturated carbocycles. The molecule has 1 aromatic carbocycles. The highest BCUT2D eigenvalue weighted by Gasteiger charge is 2.09. The fourth-order valence-corrected chi connectivity index (χ4v) is 2.62. The number of hydrogen-bond donors (Lipinski definition) is 0. The molecule has 0 saturated heterocycles. The van der Waals surface area contributed by atoms with E-state index in [0.29, 0.717) is 24.1 Å². The second-order valence-electron chi connectivity index (χ2n) is 5.55. The zero-order valence-electron chi connectivity index (χ0n) is 12.9. The molecular formula is C18H15N5O. The maximum Gasteiger partial charge on any atom is 0.264 e. The van der Waals surface area contributed by atoms with E-state index in [1.807, 2.05) is 48.5 Å². The Hall–Kier alpha value is -3.28. The number of rotatable bonds is 4. The van der Waals surface area contributed by atoms with Crippen LogP contribution in [0.3, 0.4) is 0 Å². The third-order valence-electron chi connectivity index (χ3n) is 3.80. The third kappa shape index (κ3) is 2.81. The zero-order chi connectivity index (χ0) is 16.4. The Morgan fingerprint density at radius 3 is 2.54 bits per heavy atom. The summed E-state index contributed by atoms with van der Waals surface area (Å²) in [5.41, 5.74) is 2.30. The van der Waals surface area contributed by atoms with Crippen molar-refractivity contribution in [3.05, 3.63) is 88.9 Å². The van der Waals surface area contributed by atoms with Gasteiger partial charge in [0.1, 0.15) is 11.7 Å². The quantitative estimate of drug-likeness (QED) is 0.578. The monoisotopic (exact) mass is 317 g/mol. The molecule has 0 aliphatic heterocycles. The summed E-state index contributed by atoms with van der Waals surface area (Å²) in [6.07, 6.45) is 5.00. The van der Waals surface area contributed by atoms with Gasteiger partial charge in [-0.05, 0) is 17.7 Å².